The molecule has 1 heterocycles. The first-order chi connectivity index (χ1) is 12.7. The van der Waals surface area contributed by atoms with Crippen molar-refractivity contribution < 1.29 is 4.79 Å². The van der Waals surface area contributed by atoms with E-state index in [1.54, 1.807) is 0 Å². The SMILES string of the molecule is CCN1CCN(c2ccc(NC(=O)CCc3ccccc3)c(C)c2)CC1. The van der Waals surface area contributed by atoms with Gasteiger partial charge in [-0.3, -0.25) is 4.79 Å². The Hall–Kier alpha value is -2.33. The Kier molecular flexibility index (Phi) is 6.29. The number of anilines is 2. The zero-order valence-corrected chi connectivity index (χ0v) is 15.9. The Morgan fingerprint density at radius 2 is 1.77 bits per heavy atom. The molecule has 3 rings (SSSR count). The molecule has 4 heteroatoms. The van der Waals surface area contributed by atoms with Gasteiger partial charge in [0.25, 0.3) is 0 Å². The van der Waals surface area contributed by atoms with Crippen molar-refractivity contribution >= 4 is 17.3 Å². The minimum Gasteiger partial charge on any atom is -0.369 e. The van der Waals surface area contributed by atoms with E-state index in [-0.39, 0.29) is 5.91 Å². The third kappa shape index (κ3) is 4.85. The average molecular weight is 351 g/mol. The second-order valence-corrected chi connectivity index (χ2v) is 6.95. The second kappa shape index (κ2) is 8.86. The summed E-state index contributed by atoms with van der Waals surface area (Å²) in [6, 6.07) is 16.5. The molecule has 2 aromatic carbocycles. The predicted molar refractivity (Wildman–Crippen MR) is 109 cm³/mol. The van der Waals surface area contributed by atoms with Gasteiger partial charge in [-0.2, -0.15) is 0 Å². The smallest absolute Gasteiger partial charge is 0.224 e. The van der Waals surface area contributed by atoms with E-state index < -0.39 is 0 Å². The van der Waals surface area contributed by atoms with Crippen molar-refractivity contribution in [1.82, 2.24) is 4.90 Å². The van der Waals surface area contributed by atoms with Crippen LogP contribution in [-0.2, 0) is 11.2 Å². The summed E-state index contributed by atoms with van der Waals surface area (Å²) < 4.78 is 0. The van der Waals surface area contributed by atoms with Gasteiger partial charge in [-0.25, -0.2) is 0 Å². The lowest BCUT2D eigenvalue weighted by Crippen LogP contribution is -2.46. The molecule has 1 aliphatic heterocycles. The van der Waals surface area contributed by atoms with Crippen LogP contribution in [0.5, 0.6) is 0 Å². The number of nitrogens with zero attached hydrogens (tertiary/aromatic N) is 2. The Morgan fingerprint density at radius 1 is 1.04 bits per heavy atom. The second-order valence-electron chi connectivity index (χ2n) is 6.95. The molecule has 1 aliphatic rings. The van der Waals surface area contributed by atoms with Gasteiger partial charge < -0.3 is 15.1 Å². The summed E-state index contributed by atoms with van der Waals surface area (Å²) in [5.74, 6) is 0.0706. The number of hydrogen-bond donors (Lipinski definition) is 1. The highest BCUT2D eigenvalue weighted by Crippen LogP contribution is 2.24. The maximum Gasteiger partial charge on any atom is 0.224 e. The molecule has 0 atom stereocenters. The van der Waals surface area contributed by atoms with E-state index in [1.807, 2.05) is 24.3 Å². The molecule has 0 saturated carbocycles. The molecule has 4 nitrogen and oxygen atoms in total. The van der Waals surface area contributed by atoms with Crippen molar-refractivity contribution in [3.8, 4) is 0 Å². The number of hydrogen-bond acceptors (Lipinski definition) is 3. The first-order valence-electron chi connectivity index (χ1n) is 9.57. The van der Waals surface area contributed by atoms with Crippen LogP contribution in [0.4, 0.5) is 11.4 Å². The number of piperazine rings is 1. The summed E-state index contributed by atoms with van der Waals surface area (Å²) in [6.07, 6.45) is 1.27. The van der Waals surface area contributed by atoms with Gasteiger partial charge in [-0.05, 0) is 49.2 Å². The van der Waals surface area contributed by atoms with Crippen LogP contribution < -0.4 is 10.2 Å². The van der Waals surface area contributed by atoms with Crippen LogP contribution in [-0.4, -0.2) is 43.5 Å². The molecule has 1 fully saturated rings. The molecule has 138 valence electrons. The van der Waals surface area contributed by atoms with Crippen LogP contribution in [0.2, 0.25) is 0 Å². The number of nitrogens with one attached hydrogen (secondary N) is 1. The van der Waals surface area contributed by atoms with E-state index in [9.17, 15) is 4.79 Å². The van der Waals surface area contributed by atoms with E-state index in [2.05, 4.69) is 53.2 Å². The standard InChI is InChI=1S/C22H29N3O/c1-3-24-13-15-25(16-14-24)20-10-11-21(18(2)17-20)23-22(26)12-9-19-7-5-4-6-8-19/h4-8,10-11,17H,3,9,12-16H2,1-2H3,(H,23,26). The summed E-state index contributed by atoms with van der Waals surface area (Å²) in [5.41, 5.74) is 4.48. The molecule has 1 saturated heterocycles. The summed E-state index contributed by atoms with van der Waals surface area (Å²) in [5, 5.41) is 3.06. The van der Waals surface area contributed by atoms with E-state index in [1.165, 1.54) is 11.3 Å². The number of benzene rings is 2. The molecule has 2 aromatic rings. The molecule has 26 heavy (non-hydrogen) atoms. The Morgan fingerprint density at radius 3 is 2.42 bits per heavy atom. The van der Waals surface area contributed by atoms with Crippen molar-refractivity contribution in [1.29, 1.82) is 0 Å². The van der Waals surface area contributed by atoms with Crippen LogP contribution in [0.15, 0.2) is 48.5 Å². The molecule has 1 amide bonds. The fourth-order valence-electron chi connectivity index (χ4n) is 3.42. The van der Waals surface area contributed by atoms with Gasteiger partial charge in [0.05, 0.1) is 0 Å². The van der Waals surface area contributed by atoms with Gasteiger partial charge in [0.2, 0.25) is 5.91 Å². The molecule has 0 bridgehead atoms. The average Bonchev–Trinajstić information content (AvgIpc) is 2.69. The summed E-state index contributed by atoms with van der Waals surface area (Å²) >= 11 is 0. The van der Waals surface area contributed by atoms with Gasteiger partial charge in [0.1, 0.15) is 0 Å². The molecule has 0 aliphatic carbocycles. The fourth-order valence-corrected chi connectivity index (χ4v) is 3.42. The molecular weight excluding hydrogens is 322 g/mol. The summed E-state index contributed by atoms with van der Waals surface area (Å²) in [7, 11) is 0. The van der Waals surface area contributed by atoms with Gasteiger partial charge in [0, 0.05) is 44.0 Å². The summed E-state index contributed by atoms with van der Waals surface area (Å²) in [4.78, 5) is 17.2. The van der Waals surface area contributed by atoms with Gasteiger partial charge in [-0.1, -0.05) is 37.3 Å². The molecule has 1 N–H and O–H groups in total. The van der Waals surface area contributed by atoms with E-state index in [0.717, 1.165) is 50.4 Å². The zero-order valence-electron chi connectivity index (χ0n) is 15.9. The Labute approximate surface area is 156 Å². The Bertz CT molecular complexity index is 721. The predicted octanol–water partition coefficient (Wildman–Crippen LogP) is 3.71. The van der Waals surface area contributed by atoms with Gasteiger partial charge in [-0.15, -0.1) is 0 Å². The third-order valence-electron chi connectivity index (χ3n) is 5.15. The topological polar surface area (TPSA) is 35.6 Å². The van der Waals surface area contributed by atoms with Crippen LogP contribution >= 0.6 is 0 Å². The normalized spacial score (nSPS) is 15.1. The number of carbonyl (C=O) groups is 1. The van der Waals surface area contributed by atoms with Gasteiger partial charge >= 0.3 is 0 Å². The van der Waals surface area contributed by atoms with E-state index >= 15 is 0 Å². The molecule has 0 spiro atoms. The van der Waals surface area contributed by atoms with Crippen molar-refractivity contribution in [3.63, 3.8) is 0 Å². The lowest BCUT2D eigenvalue weighted by Gasteiger charge is -2.35. The lowest BCUT2D eigenvalue weighted by molar-refractivity contribution is -0.116. The molecule has 0 unspecified atom stereocenters. The minimum atomic E-state index is 0.0706. The maximum atomic E-state index is 12.3. The number of amides is 1. The van der Waals surface area contributed by atoms with Crippen molar-refractivity contribution in [3.05, 3.63) is 59.7 Å². The summed E-state index contributed by atoms with van der Waals surface area (Å²) in [6.45, 7) is 9.78. The Balaban J connectivity index is 1.55. The molecular formula is C22H29N3O. The van der Waals surface area contributed by atoms with Crippen molar-refractivity contribution in [2.75, 3.05) is 42.9 Å². The number of carbonyl (C=O) groups excluding carboxylic acids is 1. The lowest BCUT2D eigenvalue weighted by atomic mass is 10.1. The van der Waals surface area contributed by atoms with Crippen LogP contribution in [0.1, 0.15) is 24.5 Å². The highest BCUT2D eigenvalue weighted by atomic mass is 16.1. The monoisotopic (exact) mass is 351 g/mol. The van der Waals surface area contributed by atoms with Crippen molar-refractivity contribution in [2.45, 2.75) is 26.7 Å². The number of rotatable bonds is 6. The van der Waals surface area contributed by atoms with Crippen LogP contribution in [0.25, 0.3) is 0 Å². The highest BCUT2D eigenvalue weighted by molar-refractivity contribution is 5.91. The first kappa shape index (κ1) is 18.5. The van der Waals surface area contributed by atoms with E-state index in [0.29, 0.717) is 6.42 Å². The minimum absolute atomic E-state index is 0.0706. The van der Waals surface area contributed by atoms with Crippen molar-refractivity contribution in [2.24, 2.45) is 0 Å². The maximum absolute atomic E-state index is 12.3. The first-order valence-corrected chi connectivity index (χ1v) is 9.57. The molecule has 0 radical (unpaired) electrons. The largest absolute Gasteiger partial charge is 0.369 e. The van der Waals surface area contributed by atoms with E-state index in [4.69, 9.17) is 0 Å². The number of aryl methyl sites for hydroxylation is 2. The third-order valence-corrected chi connectivity index (χ3v) is 5.15. The fraction of sp³-hybridized carbons (Fsp3) is 0.409. The number of likely N-dealkylation sites (N-methyl/N-ethyl adjacent to an activating group) is 1. The molecule has 0 aromatic heterocycles. The van der Waals surface area contributed by atoms with Crippen LogP contribution in [0.3, 0.4) is 0 Å². The van der Waals surface area contributed by atoms with Gasteiger partial charge in [0.15, 0.2) is 0 Å². The van der Waals surface area contributed by atoms with Crippen LogP contribution in [0, 0.1) is 6.92 Å². The zero-order chi connectivity index (χ0) is 18.4. The highest BCUT2D eigenvalue weighted by Gasteiger charge is 2.16. The quantitative estimate of drug-likeness (QED) is 0.862.